The Morgan fingerprint density at radius 3 is 2.33 bits per heavy atom. The fourth-order valence-electron chi connectivity index (χ4n) is 2.45. The second-order valence-corrected chi connectivity index (χ2v) is 7.03. The van der Waals surface area contributed by atoms with Crippen molar-refractivity contribution in [2.24, 2.45) is 5.92 Å². The minimum Gasteiger partial charge on any atom is -0.456 e. The van der Waals surface area contributed by atoms with Crippen LogP contribution in [-0.4, -0.2) is 72.3 Å². The lowest BCUT2D eigenvalue weighted by Crippen LogP contribution is -2.41. The number of rotatable bonds is 6. The average molecular weight is 388 g/mol. The van der Waals surface area contributed by atoms with E-state index < -0.39 is 42.3 Å². The van der Waals surface area contributed by atoms with E-state index in [1.807, 2.05) is 13.8 Å². The van der Waals surface area contributed by atoms with Crippen molar-refractivity contribution in [2.75, 3.05) is 32.8 Å². The van der Waals surface area contributed by atoms with Crippen molar-refractivity contribution in [1.29, 1.82) is 0 Å². The summed E-state index contributed by atoms with van der Waals surface area (Å²) in [6, 6.07) is 0. The van der Waals surface area contributed by atoms with Gasteiger partial charge in [0.25, 0.3) is 5.91 Å². The van der Waals surface area contributed by atoms with Gasteiger partial charge in [0.1, 0.15) is 11.8 Å². The zero-order valence-electron chi connectivity index (χ0n) is 17.3. The fourth-order valence-corrected chi connectivity index (χ4v) is 2.45. The quantitative estimate of drug-likeness (QED) is 0.517. The van der Waals surface area contributed by atoms with Crippen LogP contribution < -0.4 is 0 Å². The van der Waals surface area contributed by atoms with Gasteiger partial charge in [-0.2, -0.15) is 0 Å². The summed E-state index contributed by atoms with van der Waals surface area (Å²) in [5, 5.41) is 0. The number of carbonyl (C=O) groups is 3. The van der Waals surface area contributed by atoms with Crippen LogP contribution in [0.15, 0.2) is 12.7 Å². The first-order chi connectivity index (χ1) is 12.5. The molecular formula is C19H33FN2O5. The molecule has 0 aromatic carbocycles. The summed E-state index contributed by atoms with van der Waals surface area (Å²) >= 11 is 0. The molecule has 156 valence electrons. The Morgan fingerprint density at radius 2 is 1.85 bits per heavy atom. The number of likely N-dealkylation sites (tertiary alicyclic amines) is 1. The minimum atomic E-state index is -1.26. The van der Waals surface area contributed by atoms with Gasteiger partial charge in [0.2, 0.25) is 0 Å². The largest absolute Gasteiger partial charge is 0.456 e. The first-order valence-electron chi connectivity index (χ1n) is 9.17. The van der Waals surface area contributed by atoms with Gasteiger partial charge in [-0.15, -0.1) is 6.58 Å². The van der Waals surface area contributed by atoms with Crippen molar-refractivity contribution in [3.63, 3.8) is 0 Å². The molecule has 27 heavy (non-hydrogen) atoms. The van der Waals surface area contributed by atoms with Crippen molar-refractivity contribution in [3.05, 3.63) is 12.7 Å². The number of ether oxygens (including phenoxy) is 2. The van der Waals surface area contributed by atoms with E-state index in [4.69, 9.17) is 9.47 Å². The van der Waals surface area contributed by atoms with Gasteiger partial charge in [-0.3, -0.25) is 9.59 Å². The molecule has 0 aromatic rings. The number of esters is 1. The van der Waals surface area contributed by atoms with Crippen LogP contribution >= 0.6 is 0 Å². The predicted octanol–water partition coefficient (Wildman–Crippen LogP) is 2.80. The van der Waals surface area contributed by atoms with Crippen molar-refractivity contribution in [1.82, 2.24) is 9.80 Å². The molecule has 1 heterocycles. The zero-order chi connectivity index (χ0) is 21.2. The highest BCUT2D eigenvalue weighted by Crippen LogP contribution is 2.23. The van der Waals surface area contributed by atoms with Gasteiger partial charge < -0.3 is 19.3 Å². The molecule has 8 heteroatoms. The van der Waals surface area contributed by atoms with E-state index in [9.17, 15) is 18.8 Å². The van der Waals surface area contributed by atoms with Gasteiger partial charge in [-0.1, -0.05) is 19.9 Å². The van der Waals surface area contributed by atoms with Crippen LogP contribution in [0.1, 0.15) is 41.5 Å². The molecule has 1 aliphatic heterocycles. The van der Waals surface area contributed by atoms with Crippen molar-refractivity contribution in [2.45, 2.75) is 53.3 Å². The van der Waals surface area contributed by atoms with Crippen LogP contribution in [0.5, 0.6) is 0 Å². The second-order valence-electron chi connectivity index (χ2n) is 7.03. The molecule has 1 aliphatic rings. The van der Waals surface area contributed by atoms with Crippen LogP contribution in [0.4, 0.5) is 9.18 Å². The van der Waals surface area contributed by atoms with E-state index in [-0.39, 0.29) is 26.2 Å². The van der Waals surface area contributed by atoms with E-state index in [1.165, 1.54) is 22.8 Å². The molecule has 0 aromatic heterocycles. The number of nitrogens with zero attached hydrogens (tertiary/aromatic N) is 2. The first-order valence-corrected chi connectivity index (χ1v) is 9.17. The number of amides is 2. The second kappa shape index (κ2) is 11.6. The van der Waals surface area contributed by atoms with E-state index >= 15 is 0 Å². The van der Waals surface area contributed by atoms with Gasteiger partial charge in [-0.05, 0) is 20.8 Å². The molecule has 7 nitrogen and oxygen atoms in total. The van der Waals surface area contributed by atoms with Gasteiger partial charge in [-0.25, -0.2) is 9.18 Å². The molecule has 1 saturated heterocycles. The third-order valence-electron chi connectivity index (χ3n) is 3.57. The molecule has 0 bridgehead atoms. The normalized spacial score (nSPS) is 18.9. The van der Waals surface area contributed by atoms with Crippen LogP contribution in [0.2, 0.25) is 0 Å². The number of carbonyl (C=O) groups excluding carboxylic acids is 3. The average Bonchev–Trinajstić information content (AvgIpc) is 2.93. The fraction of sp³-hybridized carbons (Fsp3) is 0.737. The summed E-state index contributed by atoms with van der Waals surface area (Å²) < 4.78 is 24.3. The smallest absolute Gasteiger partial charge is 0.410 e. The number of hydrogen-bond donors (Lipinski definition) is 0. The Labute approximate surface area is 161 Å². The molecule has 0 radical (unpaired) electrons. The molecule has 1 rings (SSSR count). The van der Waals surface area contributed by atoms with Gasteiger partial charge in [0.05, 0.1) is 6.54 Å². The SMILES string of the molecule is C=CCN(CC1CN(C(=O)OC(C)(C)C)CC1F)C(=O)COC(C)=O.CC. The number of halogens is 1. The van der Waals surface area contributed by atoms with Gasteiger partial charge >= 0.3 is 12.1 Å². The zero-order valence-corrected chi connectivity index (χ0v) is 17.3. The topological polar surface area (TPSA) is 76.2 Å². The summed E-state index contributed by atoms with van der Waals surface area (Å²) in [7, 11) is 0. The van der Waals surface area contributed by atoms with Gasteiger partial charge in [0.15, 0.2) is 6.61 Å². The Morgan fingerprint density at radius 1 is 1.26 bits per heavy atom. The van der Waals surface area contributed by atoms with Crippen LogP contribution in [-0.2, 0) is 19.1 Å². The molecule has 2 amide bonds. The highest BCUT2D eigenvalue weighted by atomic mass is 19.1. The Hall–Kier alpha value is -2.12. The minimum absolute atomic E-state index is 0.0698. The standard InChI is InChI=1S/C17H27FN2O5.C2H6/c1-6-7-19(15(22)11-24-12(2)21)8-13-9-20(10-14(13)18)16(23)25-17(3,4)5;1-2/h6,13-14H,1,7-11H2,2-5H3;1-2H3. The summed E-state index contributed by atoms with van der Waals surface area (Å²) in [6.07, 6.45) is -0.319. The maximum atomic E-state index is 14.3. The highest BCUT2D eigenvalue weighted by molar-refractivity contribution is 5.80. The van der Waals surface area contributed by atoms with Crippen molar-refractivity contribution >= 4 is 18.0 Å². The molecule has 2 atom stereocenters. The lowest BCUT2D eigenvalue weighted by atomic mass is 10.1. The molecule has 2 unspecified atom stereocenters. The summed E-state index contributed by atoms with van der Waals surface area (Å²) in [6.45, 7) is 14.0. The van der Waals surface area contributed by atoms with Crippen LogP contribution in [0.25, 0.3) is 0 Å². The van der Waals surface area contributed by atoms with Crippen LogP contribution in [0, 0.1) is 5.92 Å². The molecule has 0 saturated carbocycles. The summed E-state index contributed by atoms with van der Waals surface area (Å²) in [5.41, 5.74) is -0.657. The van der Waals surface area contributed by atoms with Crippen molar-refractivity contribution < 1.29 is 28.2 Å². The Kier molecular flexibility index (Phi) is 10.7. The molecule has 1 fully saturated rings. The Balaban J connectivity index is 0.00000326. The monoisotopic (exact) mass is 388 g/mol. The maximum Gasteiger partial charge on any atom is 0.410 e. The van der Waals surface area contributed by atoms with Gasteiger partial charge in [0, 0.05) is 32.5 Å². The maximum absolute atomic E-state index is 14.3. The third kappa shape index (κ3) is 9.40. The Bertz CT molecular complexity index is 519. The molecule has 0 spiro atoms. The molecular weight excluding hydrogens is 355 g/mol. The van der Waals surface area contributed by atoms with Crippen LogP contribution in [0.3, 0.4) is 0 Å². The number of alkyl halides is 1. The van der Waals surface area contributed by atoms with E-state index in [0.29, 0.717) is 0 Å². The molecule has 0 aliphatic carbocycles. The summed E-state index contributed by atoms with van der Waals surface area (Å²) in [4.78, 5) is 37.7. The van der Waals surface area contributed by atoms with E-state index in [1.54, 1.807) is 20.8 Å². The third-order valence-corrected chi connectivity index (χ3v) is 3.57. The predicted molar refractivity (Wildman–Crippen MR) is 101 cm³/mol. The number of hydrogen-bond acceptors (Lipinski definition) is 5. The lowest BCUT2D eigenvalue weighted by Gasteiger charge is -2.26. The first kappa shape index (κ1) is 24.9. The molecule has 0 N–H and O–H groups in total. The van der Waals surface area contributed by atoms with E-state index in [0.717, 1.165) is 0 Å². The lowest BCUT2D eigenvalue weighted by molar-refractivity contribution is -0.150. The van der Waals surface area contributed by atoms with E-state index in [2.05, 4.69) is 6.58 Å². The summed E-state index contributed by atoms with van der Waals surface area (Å²) in [5.74, 6) is -1.53. The highest BCUT2D eigenvalue weighted by Gasteiger charge is 2.38. The van der Waals surface area contributed by atoms with Crippen molar-refractivity contribution in [3.8, 4) is 0 Å².